The predicted octanol–water partition coefficient (Wildman–Crippen LogP) is 3.35. The molecule has 0 aliphatic heterocycles. The minimum absolute atomic E-state index is 0.00988. The van der Waals surface area contributed by atoms with Gasteiger partial charge in [0.1, 0.15) is 5.82 Å². The Morgan fingerprint density at radius 1 is 1.33 bits per heavy atom. The number of hydrogen-bond donors (Lipinski definition) is 1. The molecule has 0 fully saturated rings. The lowest BCUT2D eigenvalue weighted by Crippen LogP contribution is -1.97. The summed E-state index contributed by atoms with van der Waals surface area (Å²) >= 11 is 5.89. The minimum atomic E-state index is -0.448. The number of aromatic nitrogens is 1. The Balaban J connectivity index is 2.56. The van der Waals surface area contributed by atoms with E-state index >= 15 is 0 Å². The first kappa shape index (κ1) is 12.3. The second-order valence-electron chi connectivity index (χ2n) is 3.61. The lowest BCUT2D eigenvalue weighted by Gasteiger charge is -2.05. The maximum Gasteiger partial charge on any atom is 0.275 e. The van der Waals surface area contributed by atoms with E-state index in [1.165, 1.54) is 12.1 Å². The molecule has 2 rings (SSSR count). The fraction of sp³-hybridized carbons (Fsp3) is 0.0833. The molecular formula is C12H10ClN3O2. The van der Waals surface area contributed by atoms with Crippen LogP contribution in [0.1, 0.15) is 0 Å². The molecule has 0 radical (unpaired) electrons. The quantitative estimate of drug-likeness (QED) is 0.681. The van der Waals surface area contributed by atoms with E-state index in [0.717, 1.165) is 5.56 Å². The van der Waals surface area contributed by atoms with Crippen molar-refractivity contribution in [3.63, 3.8) is 0 Å². The molecule has 0 atom stereocenters. The van der Waals surface area contributed by atoms with Crippen LogP contribution in [0, 0.1) is 10.1 Å². The van der Waals surface area contributed by atoms with Crippen LogP contribution in [0.5, 0.6) is 0 Å². The molecule has 0 amide bonds. The zero-order chi connectivity index (χ0) is 13.1. The van der Waals surface area contributed by atoms with Crippen LogP contribution < -0.4 is 5.32 Å². The highest BCUT2D eigenvalue weighted by molar-refractivity contribution is 6.30. The van der Waals surface area contributed by atoms with E-state index in [0.29, 0.717) is 16.5 Å². The van der Waals surface area contributed by atoms with Crippen molar-refractivity contribution in [1.82, 2.24) is 4.98 Å². The Morgan fingerprint density at radius 3 is 2.72 bits per heavy atom. The van der Waals surface area contributed by atoms with Crippen molar-refractivity contribution < 1.29 is 4.92 Å². The molecule has 0 saturated heterocycles. The van der Waals surface area contributed by atoms with Crippen molar-refractivity contribution in [2.45, 2.75) is 0 Å². The van der Waals surface area contributed by atoms with Crippen LogP contribution in [0.3, 0.4) is 0 Å². The summed E-state index contributed by atoms with van der Waals surface area (Å²) in [5.74, 6) is 0.444. The van der Waals surface area contributed by atoms with Gasteiger partial charge in [-0.2, -0.15) is 0 Å². The number of nitrogens with one attached hydrogen (secondary N) is 1. The fourth-order valence-corrected chi connectivity index (χ4v) is 1.74. The van der Waals surface area contributed by atoms with Crippen molar-refractivity contribution in [2.24, 2.45) is 0 Å². The third-order valence-electron chi connectivity index (χ3n) is 2.40. The van der Waals surface area contributed by atoms with Crippen LogP contribution >= 0.6 is 11.6 Å². The number of hydrogen-bond acceptors (Lipinski definition) is 4. The Bertz CT molecular complexity index is 602. The van der Waals surface area contributed by atoms with Gasteiger partial charge < -0.3 is 5.32 Å². The van der Waals surface area contributed by atoms with Gasteiger partial charge in [0, 0.05) is 23.7 Å². The van der Waals surface area contributed by atoms with E-state index in [1.54, 1.807) is 31.3 Å². The van der Waals surface area contributed by atoms with E-state index in [-0.39, 0.29) is 5.69 Å². The topological polar surface area (TPSA) is 68.1 Å². The smallest absolute Gasteiger partial charge is 0.275 e. The van der Waals surface area contributed by atoms with Crippen LogP contribution in [-0.2, 0) is 0 Å². The zero-order valence-electron chi connectivity index (χ0n) is 9.55. The normalized spacial score (nSPS) is 10.1. The van der Waals surface area contributed by atoms with Crippen LogP contribution in [0.25, 0.3) is 11.3 Å². The van der Waals surface area contributed by atoms with Crippen LogP contribution in [-0.4, -0.2) is 17.0 Å². The standard InChI is InChI=1S/C12H10ClN3O2/c1-14-12-7-10(16(17)18)6-11(15-12)8-3-2-4-9(13)5-8/h2-7H,1H3,(H,14,15). The maximum atomic E-state index is 10.8. The molecule has 0 spiro atoms. The van der Waals surface area contributed by atoms with Gasteiger partial charge in [-0.15, -0.1) is 0 Å². The first-order valence-electron chi connectivity index (χ1n) is 5.20. The van der Waals surface area contributed by atoms with E-state index in [1.807, 2.05) is 0 Å². The van der Waals surface area contributed by atoms with Gasteiger partial charge in [-0.1, -0.05) is 23.7 Å². The molecule has 0 aliphatic carbocycles. The third kappa shape index (κ3) is 2.57. The summed E-state index contributed by atoms with van der Waals surface area (Å²) in [4.78, 5) is 14.7. The molecule has 1 N–H and O–H groups in total. The molecule has 0 aliphatic rings. The van der Waals surface area contributed by atoms with Gasteiger partial charge in [0.05, 0.1) is 16.7 Å². The molecule has 1 aromatic heterocycles. The highest BCUT2D eigenvalue weighted by Gasteiger charge is 2.12. The highest BCUT2D eigenvalue weighted by Crippen LogP contribution is 2.26. The van der Waals surface area contributed by atoms with Gasteiger partial charge in [-0.25, -0.2) is 4.98 Å². The third-order valence-corrected chi connectivity index (χ3v) is 2.63. The van der Waals surface area contributed by atoms with Crippen molar-refractivity contribution in [3.05, 3.63) is 51.5 Å². The second kappa shape index (κ2) is 5.01. The largest absolute Gasteiger partial charge is 0.373 e. The predicted molar refractivity (Wildman–Crippen MR) is 70.9 cm³/mol. The first-order valence-corrected chi connectivity index (χ1v) is 5.58. The summed E-state index contributed by atoms with van der Waals surface area (Å²) < 4.78 is 0. The Morgan fingerprint density at radius 2 is 2.11 bits per heavy atom. The number of rotatable bonds is 3. The Hall–Kier alpha value is -2.14. The van der Waals surface area contributed by atoms with E-state index in [4.69, 9.17) is 11.6 Å². The van der Waals surface area contributed by atoms with Crippen molar-refractivity contribution in [2.75, 3.05) is 12.4 Å². The average Bonchev–Trinajstić information content (AvgIpc) is 2.38. The number of benzene rings is 1. The maximum absolute atomic E-state index is 10.8. The fourth-order valence-electron chi connectivity index (χ4n) is 1.55. The number of nitro groups is 1. The highest BCUT2D eigenvalue weighted by atomic mass is 35.5. The molecule has 18 heavy (non-hydrogen) atoms. The van der Waals surface area contributed by atoms with E-state index < -0.39 is 4.92 Å². The lowest BCUT2D eigenvalue weighted by atomic mass is 10.1. The van der Waals surface area contributed by atoms with Gasteiger partial charge in [0.15, 0.2) is 0 Å². The van der Waals surface area contributed by atoms with Crippen molar-refractivity contribution >= 4 is 23.1 Å². The Labute approximate surface area is 109 Å². The van der Waals surface area contributed by atoms with Crippen molar-refractivity contribution in [1.29, 1.82) is 0 Å². The number of nitrogens with zero attached hydrogens (tertiary/aromatic N) is 2. The minimum Gasteiger partial charge on any atom is -0.373 e. The first-order chi connectivity index (χ1) is 8.60. The van der Waals surface area contributed by atoms with Gasteiger partial charge in [0.2, 0.25) is 0 Å². The van der Waals surface area contributed by atoms with Gasteiger partial charge in [0.25, 0.3) is 5.69 Å². The Kier molecular flexibility index (Phi) is 3.43. The molecule has 6 heteroatoms. The lowest BCUT2D eigenvalue weighted by molar-refractivity contribution is -0.384. The SMILES string of the molecule is CNc1cc([N+](=O)[O-])cc(-c2cccc(Cl)c2)n1. The number of anilines is 1. The summed E-state index contributed by atoms with van der Waals surface area (Å²) in [5.41, 5.74) is 1.24. The van der Waals surface area contributed by atoms with Gasteiger partial charge in [-0.3, -0.25) is 10.1 Å². The number of pyridine rings is 1. The molecule has 2 aromatic rings. The zero-order valence-corrected chi connectivity index (χ0v) is 10.3. The molecule has 0 saturated carbocycles. The average molecular weight is 264 g/mol. The van der Waals surface area contributed by atoms with Gasteiger partial charge in [-0.05, 0) is 12.1 Å². The van der Waals surface area contributed by atoms with Crippen LogP contribution in [0.4, 0.5) is 11.5 Å². The molecule has 92 valence electrons. The van der Waals surface area contributed by atoms with Crippen molar-refractivity contribution in [3.8, 4) is 11.3 Å². The van der Waals surface area contributed by atoms with Crippen LogP contribution in [0.2, 0.25) is 5.02 Å². The molecule has 1 heterocycles. The van der Waals surface area contributed by atoms with E-state index in [2.05, 4.69) is 10.3 Å². The summed E-state index contributed by atoms with van der Waals surface area (Å²) in [6.45, 7) is 0. The summed E-state index contributed by atoms with van der Waals surface area (Å²) in [6.07, 6.45) is 0. The monoisotopic (exact) mass is 263 g/mol. The summed E-state index contributed by atoms with van der Waals surface area (Å²) in [6, 6.07) is 9.84. The molecular weight excluding hydrogens is 254 g/mol. The molecule has 1 aromatic carbocycles. The molecule has 0 bridgehead atoms. The van der Waals surface area contributed by atoms with Gasteiger partial charge >= 0.3 is 0 Å². The second-order valence-corrected chi connectivity index (χ2v) is 4.05. The number of halogens is 1. The van der Waals surface area contributed by atoms with E-state index in [9.17, 15) is 10.1 Å². The molecule has 5 nitrogen and oxygen atoms in total. The molecule has 0 unspecified atom stereocenters. The summed E-state index contributed by atoms with van der Waals surface area (Å²) in [7, 11) is 1.66. The summed E-state index contributed by atoms with van der Waals surface area (Å²) in [5, 5.41) is 14.2. The van der Waals surface area contributed by atoms with Crippen LogP contribution in [0.15, 0.2) is 36.4 Å².